The van der Waals surface area contributed by atoms with Crippen LogP contribution in [0.1, 0.15) is 19.5 Å². The molecule has 2 nitrogen and oxygen atoms in total. The minimum absolute atomic E-state index is 0.203. The van der Waals surface area contributed by atoms with Crippen molar-refractivity contribution >= 4 is 27.3 Å². The molecule has 17 heavy (non-hydrogen) atoms. The predicted molar refractivity (Wildman–Crippen MR) is 77.2 cm³/mol. The Bertz CT molecular complexity index is 497. The summed E-state index contributed by atoms with van der Waals surface area (Å²) >= 11 is 5.10. The number of rotatable bonds is 3. The molecule has 2 N–H and O–H groups in total. The van der Waals surface area contributed by atoms with Gasteiger partial charge in [-0.15, -0.1) is 11.3 Å². The lowest BCUT2D eigenvalue weighted by Gasteiger charge is -2.16. The van der Waals surface area contributed by atoms with Crippen LogP contribution in [0.5, 0.6) is 0 Å². The third kappa shape index (κ3) is 3.63. The van der Waals surface area contributed by atoms with Crippen LogP contribution >= 0.6 is 27.3 Å². The number of nitrogens with zero attached hydrogens (tertiary/aromatic N) is 1. The quantitative estimate of drug-likeness (QED) is 0.935. The van der Waals surface area contributed by atoms with Crippen molar-refractivity contribution in [2.75, 3.05) is 0 Å². The number of aromatic nitrogens is 1. The Balaban J connectivity index is 2.21. The summed E-state index contributed by atoms with van der Waals surface area (Å²) in [5.41, 5.74) is 8.01. The average molecular weight is 311 g/mol. The number of thiazole rings is 1. The fourth-order valence-electron chi connectivity index (χ4n) is 1.58. The van der Waals surface area contributed by atoms with E-state index < -0.39 is 0 Å². The van der Waals surface area contributed by atoms with Gasteiger partial charge < -0.3 is 5.73 Å². The van der Waals surface area contributed by atoms with Crippen molar-refractivity contribution in [1.82, 2.24) is 4.98 Å². The molecule has 0 spiro atoms. The van der Waals surface area contributed by atoms with Crippen molar-refractivity contribution < 1.29 is 0 Å². The van der Waals surface area contributed by atoms with Crippen LogP contribution < -0.4 is 5.73 Å². The van der Waals surface area contributed by atoms with Gasteiger partial charge in [0.1, 0.15) is 5.01 Å². The summed E-state index contributed by atoms with van der Waals surface area (Å²) in [5.74, 6) is 0. The van der Waals surface area contributed by atoms with Gasteiger partial charge in [0, 0.05) is 27.4 Å². The lowest BCUT2D eigenvalue weighted by Crippen LogP contribution is -2.34. The van der Waals surface area contributed by atoms with E-state index in [-0.39, 0.29) is 5.54 Å². The lowest BCUT2D eigenvalue weighted by atomic mass is 10.0. The van der Waals surface area contributed by atoms with Crippen molar-refractivity contribution in [2.24, 2.45) is 5.73 Å². The third-order valence-electron chi connectivity index (χ3n) is 2.28. The van der Waals surface area contributed by atoms with E-state index in [9.17, 15) is 0 Å². The SMILES string of the molecule is CC(C)(N)Cc1csc(-c2ccc(Br)cc2)n1. The molecule has 2 aromatic rings. The van der Waals surface area contributed by atoms with E-state index in [4.69, 9.17) is 5.73 Å². The molecule has 0 radical (unpaired) electrons. The first-order valence-electron chi connectivity index (χ1n) is 5.43. The second-order valence-corrected chi connectivity index (χ2v) is 6.59. The molecule has 4 heteroatoms. The molecule has 1 aromatic carbocycles. The van der Waals surface area contributed by atoms with E-state index in [2.05, 4.69) is 38.4 Å². The summed E-state index contributed by atoms with van der Waals surface area (Å²) < 4.78 is 1.08. The molecule has 0 aliphatic carbocycles. The van der Waals surface area contributed by atoms with Gasteiger partial charge in [-0.05, 0) is 26.0 Å². The highest BCUT2D eigenvalue weighted by atomic mass is 79.9. The zero-order valence-electron chi connectivity index (χ0n) is 9.90. The molecule has 1 aromatic heterocycles. The van der Waals surface area contributed by atoms with Gasteiger partial charge in [-0.1, -0.05) is 28.1 Å². The molecule has 2 rings (SSSR count). The summed E-state index contributed by atoms with van der Waals surface area (Å²) in [6.07, 6.45) is 0.806. The van der Waals surface area contributed by atoms with Gasteiger partial charge in [-0.25, -0.2) is 4.98 Å². The molecule has 0 aliphatic rings. The topological polar surface area (TPSA) is 38.9 Å². The Morgan fingerprint density at radius 3 is 2.53 bits per heavy atom. The Labute approximate surface area is 114 Å². The van der Waals surface area contributed by atoms with Crippen molar-refractivity contribution in [1.29, 1.82) is 0 Å². The molecular weight excluding hydrogens is 296 g/mol. The van der Waals surface area contributed by atoms with Crippen LogP contribution in [0.2, 0.25) is 0 Å². The highest BCUT2D eigenvalue weighted by Gasteiger charge is 2.14. The zero-order valence-corrected chi connectivity index (χ0v) is 12.3. The fraction of sp³-hybridized carbons (Fsp3) is 0.308. The van der Waals surface area contributed by atoms with E-state index in [1.165, 1.54) is 0 Å². The van der Waals surface area contributed by atoms with Crippen LogP contribution in [0.25, 0.3) is 10.6 Å². The average Bonchev–Trinajstić information content (AvgIpc) is 2.64. The second-order valence-electron chi connectivity index (χ2n) is 4.82. The zero-order chi connectivity index (χ0) is 12.5. The lowest BCUT2D eigenvalue weighted by molar-refractivity contribution is 0.511. The molecule has 1 heterocycles. The fourth-order valence-corrected chi connectivity index (χ4v) is 2.67. The van der Waals surface area contributed by atoms with Crippen molar-refractivity contribution in [2.45, 2.75) is 25.8 Å². The molecule has 0 fully saturated rings. The van der Waals surface area contributed by atoms with E-state index in [1.807, 2.05) is 26.0 Å². The third-order valence-corrected chi connectivity index (χ3v) is 3.75. The highest BCUT2D eigenvalue weighted by Crippen LogP contribution is 2.26. The molecule has 0 amide bonds. The molecular formula is C13H15BrN2S. The van der Waals surface area contributed by atoms with E-state index >= 15 is 0 Å². The first kappa shape index (κ1) is 12.7. The summed E-state index contributed by atoms with van der Waals surface area (Å²) in [6, 6.07) is 8.20. The molecule has 0 saturated heterocycles. The molecule has 0 saturated carbocycles. The number of hydrogen-bond donors (Lipinski definition) is 1. The van der Waals surface area contributed by atoms with Crippen molar-refractivity contribution in [3.8, 4) is 10.6 Å². The minimum atomic E-state index is -0.203. The monoisotopic (exact) mass is 310 g/mol. The van der Waals surface area contributed by atoms with Crippen LogP contribution in [0.15, 0.2) is 34.1 Å². The molecule has 0 unspecified atom stereocenters. The first-order chi connectivity index (χ1) is 7.94. The maximum atomic E-state index is 5.99. The van der Waals surface area contributed by atoms with E-state index in [0.717, 1.165) is 27.2 Å². The van der Waals surface area contributed by atoms with Gasteiger partial charge in [0.15, 0.2) is 0 Å². The number of nitrogens with two attached hydrogens (primary N) is 1. The largest absolute Gasteiger partial charge is 0.325 e. The van der Waals surface area contributed by atoms with Gasteiger partial charge in [-0.2, -0.15) is 0 Å². The molecule has 90 valence electrons. The van der Waals surface area contributed by atoms with Crippen LogP contribution in [0, 0.1) is 0 Å². The van der Waals surface area contributed by atoms with Crippen LogP contribution in [0.4, 0.5) is 0 Å². The van der Waals surface area contributed by atoms with Crippen LogP contribution in [-0.2, 0) is 6.42 Å². The van der Waals surface area contributed by atoms with Gasteiger partial charge in [0.2, 0.25) is 0 Å². The standard InChI is InChI=1S/C13H15BrN2S/c1-13(2,15)7-11-8-17-12(16-11)9-3-5-10(14)6-4-9/h3-6,8H,7,15H2,1-2H3. The smallest absolute Gasteiger partial charge is 0.123 e. The molecule has 0 aliphatic heterocycles. The predicted octanol–water partition coefficient (Wildman–Crippen LogP) is 3.85. The second kappa shape index (κ2) is 4.88. The number of benzene rings is 1. The summed E-state index contributed by atoms with van der Waals surface area (Å²) in [7, 11) is 0. The molecule has 0 bridgehead atoms. The maximum Gasteiger partial charge on any atom is 0.123 e. The number of hydrogen-bond acceptors (Lipinski definition) is 3. The van der Waals surface area contributed by atoms with Crippen LogP contribution in [0.3, 0.4) is 0 Å². The van der Waals surface area contributed by atoms with Gasteiger partial charge in [-0.3, -0.25) is 0 Å². The Hall–Kier alpha value is -0.710. The van der Waals surface area contributed by atoms with E-state index in [0.29, 0.717) is 0 Å². The molecule has 0 atom stereocenters. The van der Waals surface area contributed by atoms with Crippen molar-refractivity contribution in [3.63, 3.8) is 0 Å². The Kier molecular flexibility index (Phi) is 3.66. The van der Waals surface area contributed by atoms with Gasteiger partial charge in [0.05, 0.1) is 5.69 Å². The highest BCUT2D eigenvalue weighted by molar-refractivity contribution is 9.10. The summed E-state index contributed by atoms with van der Waals surface area (Å²) in [5, 5.41) is 3.14. The van der Waals surface area contributed by atoms with Crippen LogP contribution in [-0.4, -0.2) is 10.5 Å². The minimum Gasteiger partial charge on any atom is -0.325 e. The van der Waals surface area contributed by atoms with Gasteiger partial charge in [0.25, 0.3) is 0 Å². The van der Waals surface area contributed by atoms with Crippen molar-refractivity contribution in [3.05, 3.63) is 39.8 Å². The normalized spacial score (nSPS) is 11.8. The summed E-state index contributed by atoms with van der Waals surface area (Å²) in [4.78, 5) is 4.62. The number of halogens is 1. The van der Waals surface area contributed by atoms with Gasteiger partial charge >= 0.3 is 0 Å². The summed E-state index contributed by atoms with van der Waals surface area (Å²) in [6.45, 7) is 4.04. The van der Waals surface area contributed by atoms with E-state index in [1.54, 1.807) is 11.3 Å². The maximum absolute atomic E-state index is 5.99. The first-order valence-corrected chi connectivity index (χ1v) is 7.10. The Morgan fingerprint density at radius 2 is 1.94 bits per heavy atom. The Morgan fingerprint density at radius 1 is 1.29 bits per heavy atom.